The maximum atomic E-state index is 13.0. The Balaban J connectivity index is 1.27. The summed E-state index contributed by atoms with van der Waals surface area (Å²) in [5, 5.41) is 5.72. The van der Waals surface area contributed by atoms with Gasteiger partial charge in [0.15, 0.2) is 11.2 Å². The third-order valence-corrected chi connectivity index (χ3v) is 7.27. The van der Waals surface area contributed by atoms with Crippen molar-refractivity contribution in [3.63, 3.8) is 0 Å². The molecule has 1 N–H and O–H groups in total. The van der Waals surface area contributed by atoms with Crippen LogP contribution in [0.1, 0.15) is 17.3 Å². The van der Waals surface area contributed by atoms with E-state index >= 15 is 0 Å². The predicted molar refractivity (Wildman–Crippen MR) is 143 cm³/mol. The van der Waals surface area contributed by atoms with Crippen LogP contribution in [-0.2, 0) is 9.53 Å². The van der Waals surface area contributed by atoms with Gasteiger partial charge in [-0.25, -0.2) is 14.8 Å². The van der Waals surface area contributed by atoms with Gasteiger partial charge >= 0.3 is 5.97 Å². The van der Waals surface area contributed by atoms with Gasteiger partial charge in [-0.2, -0.15) is 0 Å². The van der Waals surface area contributed by atoms with E-state index in [1.54, 1.807) is 19.2 Å². The number of amides is 1. The number of benzene rings is 3. The van der Waals surface area contributed by atoms with E-state index in [1.807, 2.05) is 66.0 Å². The van der Waals surface area contributed by atoms with Crippen molar-refractivity contribution in [1.29, 1.82) is 0 Å². The van der Waals surface area contributed by atoms with Crippen LogP contribution >= 0.6 is 22.7 Å². The number of aromatic nitrogens is 2. The molecule has 7 nitrogen and oxygen atoms in total. The molecule has 36 heavy (non-hydrogen) atoms. The number of nitrogens with one attached hydrogen (secondary N) is 1. The minimum absolute atomic E-state index is 0.354. The van der Waals surface area contributed by atoms with Gasteiger partial charge in [0, 0.05) is 16.5 Å². The van der Waals surface area contributed by atoms with Gasteiger partial charge in [-0.05, 0) is 49.4 Å². The summed E-state index contributed by atoms with van der Waals surface area (Å²) in [6.45, 7) is 1.53. The lowest BCUT2D eigenvalue weighted by Gasteiger charge is -2.13. The second-order valence-corrected chi connectivity index (χ2v) is 9.72. The first kappa shape index (κ1) is 23.7. The van der Waals surface area contributed by atoms with Crippen LogP contribution in [0.25, 0.3) is 32.0 Å². The van der Waals surface area contributed by atoms with Crippen molar-refractivity contribution in [3.05, 3.63) is 83.7 Å². The zero-order chi connectivity index (χ0) is 25.1. The van der Waals surface area contributed by atoms with Gasteiger partial charge in [0.1, 0.15) is 10.8 Å². The molecule has 1 amide bonds. The van der Waals surface area contributed by atoms with Crippen LogP contribution in [0.4, 0.5) is 5.13 Å². The average molecular weight is 516 g/mol. The number of ether oxygens (including phenoxy) is 2. The third kappa shape index (κ3) is 4.98. The number of hydrogen-bond donors (Lipinski definition) is 1. The number of thiazole rings is 2. The Morgan fingerprint density at radius 3 is 2.47 bits per heavy atom. The lowest BCUT2D eigenvalue weighted by Crippen LogP contribution is -2.30. The highest BCUT2D eigenvalue weighted by molar-refractivity contribution is 7.21. The molecule has 2 heterocycles. The molecule has 0 aliphatic rings. The van der Waals surface area contributed by atoms with Crippen LogP contribution in [0.3, 0.4) is 0 Å². The second kappa shape index (κ2) is 10.3. The van der Waals surface area contributed by atoms with E-state index in [0.717, 1.165) is 32.2 Å². The zero-order valence-electron chi connectivity index (χ0n) is 19.4. The average Bonchev–Trinajstić information content (AvgIpc) is 3.56. The molecule has 5 aromatic rings. The van der Waals surface area contributed by atoms with E-state index in [0.29, 0.717) is 16.3 Å². The Labute approximate surface area is 215 Å². The van der Waals surface area contributed by atoms with Gasteiger partial charge < -0.3 is 9.47 Å². The number of hydrogen-bond acceptors (Lipinski definition) is 8. The van der Waals surface area contributed by atoms with Crippen LogP contribution in [0.5, 0.6) is 5.75 Å². The van der Waals surface area contributed by atoms with Crippen LogP contribution in [0, 0.1) is 0 Å². The SMILES string of the molecule is COc1ccc(-c2csc(NC(=O)C(C)OC(=O)c3ccccc3-c3nc4ccccc4s3)n2)cc1. The molecule has 2 aromatic heterocycles. The highest BCUT2D eigenvalue weighted by Gasteiger charge is 2.23. The maximum absolute atomic E-state index is 13.0. The summed E-state index contributed by atoms with van der Waals surface area (Å²) in [5.41, 5.74) is 3.52. The maximum Gasteiger partial charge on any atom is 0.339 e. The molecule has 0 bridgehead atoms. The van der Waals surface area contributed by atoms with Crippen LogP contribution in [-0.4, -0.2) is 35.1 Å². The standard InChI is InChI=1S/C27H21N3O4S2/c1-16(24(31)30-27-29-22(15-35-27)17-11-13-18(33-2)14-12-17)34-26(32)20-8-4-3-7-19(20)25-28-21-9-5-6-10-23(21)36-25/h3-16H,1-2H3,(H,29,30,31). The fourth-order valence-electron chi connectivity index (χ4n) is 3.55. The van der Waals surface area contributed by atoms with Crippen molar-refractivity contribution >= 4 is 49.9 Å². The fourth-order valence-corrected chi connectivity index (χ4v) is 5.27. The topological polar surface area (TPSA) is 90.4 Å². The number of rotatable bonds is 7. The monoisotopic (exact) mass is 515 g/mol. The highest BCUT2D eigenvalue weighted by atomic mass is 32.1. The van der Waals surface area contributed by atoms with Crippen molar-refractivity contribution in [2.24, 2.45) is 0 Å². The Bertz CT molecular complexity index is 1510. The van der Waals surface area contributed by atoms with Crippen LogP contribution in [0.2, 0.25) is 0 Å². The fraction of sp³-hybridized carbons (Fsp3) is 0.111. The summed E-state index contributed by atoms with van der Waals surface area (Å²) in [5.74, 6) is -0.301. The molecular formula is C27H21N3O4S2. The summed E-state index contributed by atoms with van der Waals surface area (Å²) in [6.07, 6.45) is -1.02. The number of carbonyl (C=O) groups is 2. The molecule has 3 aromatic carbocycles. The van der Waals surface area contributed by atoms with Gasteiger partial charge in [-0.3, -0.25) is 10.1 Å². The van der Waals surface area contributed by atoms with Crippen molar-refractivity contribution in [1.82, 2.24) is 9.97 Å². The largest absolute Gasteiger partial charge is 0.497 e. The van der Waals surface area contributed by atoms with Gasteiger partial charge in [-0.15, -0.1) is 22.7 Å². The molecule has 5 rings (SSSR count). The molecule has 0 radical (unpaired) electrons. The van der Waals surface area contributed by atoms with Gasteiger partial charge in [0.05, 0.1) is 28.6 Å². The summed E-state index contributed by atoms with van der Waals surface area (Å²) in [6, 6.07) is 22.4. The molecule has 0 aliphatic heterocycles. The molecule has 0 aliphatic carbocycles. The quantitative estimate of drug-likeness (QED) is 0.257. The second-order valence-electron chi connectivity index (χ2n) is 7.84. The molecule has 0 fully saturated rings. The Morgan fingerprint density at radius 2 is 1.69 bits per heavy atom. The first-order chi connectivity index (χ1) is 17.5. The molecule has 0 saturated heterocycles. The molecular weight excluding hydrogens is 494 g/mol. The first-order valence-corrected chi connectivity index (χ1v) is 12.8. The minimum Gasteiger partial charge on any atom is -0.497 e. The summed E-state index contributed by atoms with van der Waals surface area (Å²) < 4.78 is 11.7. The summed E-state index contributed by atoms with van der Waals surface area (Å²) in [4.78, 5) is 34.9. The predicted octanol–water partition coefficient (Wildman–Crippen LogP) is 6.28. The molecule has 0 spiro atoms. The number of fused-ring (bicyclic) bond motifs is 1. The van der Waals surface area contributed by atoms with Crippen molar-refractivity contribution in [2.45, 2.75) is 13.0 Å². The van der Waals surface area contributed by atoms with Gasteiger partial charge in [-0.1, -0.05) is 30.3 Å². The normalized spacial score (nSPS) is 11.7. The molecule has 1 atom stereocenters. The Kier molecular flexibility index (Phi) is 6.75. The molecule has 1 unspecified atom stereocenters. The van der Waals surface area contributed by atoms with E-state index in [4.69, 9.17) is 9.47 Å². The van der Waals surface area contributed by atoms with E-state index in [-0.39, 0.29) is 0 Å². The lowest BCUT2D eigenvalue weighted by atomic mass is 10.1. The van der Waals surface area contributed by atoms with Gasteiger partial charge in [0.2, 0.25) is 0 Å². The van der Waals surface area contributed by atoms with Crippen LogP contribution in [0.15, 0.2) is 78.2 Å². The van der Waals surface area contributed by atoms with Crippen LogP contribution < -0.4 is 10.1 Å². The third-order valence-electron chi connectivity index (χ3n) is 5.44. The lowest BCUT2D eigenvalue weighted by molar-refractivity contribution is -0.123. The number of para-hydroxylation sites is 1. The molecule has 0 saturated carbocycles. The Morgan fingerprint density at radius 1 is 0.944 bits per heavy atom. The van der Waals surface area contributed by atoms with E-state index in [9.17, 15) is 9.59 Å². The van der Waals surface area contributed by atoms with E-state index in [2.05, 4.69) is 15.3 Å². The number of anilines is 1. The van der Waals surface area contributed by atoms with Crippen molar-refractivity contribution < 1.29 is 19.1 Å². The smallest absolute Gasteiger partial charge is 0.339 e. The first-order valence-electron chi connectivity index (χ1n) is 11.1. The number of nitrogens with zero attached hydrogens (tertiary/aromatic N) is 2. The van der Waals surface area contributed by atoms with E-state index in [1.165, 1.54) is 29.6 Å². The minimum atomic E-state index is -1.02. The van der Waals surface area contributed by atoms with Crippen molar-refractivity contribution in [2.75, 3.05) is 12.4 Å². The number of methoxy groups -OCH3 is 1. The number of carbonyl (C=O) groups excluding carboxylic acids is 2. The van der Waals surface area contributed by atoms with E-state index < -0.39 is 18.0 Å². The van der Waals surface area contributed by atoms with Gasteiger partial charge in [0.25, 0.3) is 5.91 Å². The highest BCUT2D eigenvalue weighted by Crippen LogP contribution is 2.32. The summed E-state index contributed by atoms with van der Waals surface area (Å²) >= 11 is 2.79. The molecule has 180 valence electrons. The summed E-state index contributed by atoms with van der Waals surface area (Å²) in [7, 11) is 1.61. The molecule has 9 heteroatoms. The zero-order valence-corrected chi connectivity index (χ0v) is 21.1. The van der Waals surface area contributed by atoms with Crippen molar-refractivity contribution in [3.8, 4) is 27.6 Å². The number of esters is 1. The Hall–Kier alpha value is -4.08.